The van der Waals surface area contributed by atoms with Gasteiger partial charge in [-0.05, 0) is 18.6 Å². The molecule has 0 spiro atoms. The van der Waals surface area contributed by atoms with Gasteiger partial charge in [0.1, 0.15) is 0 Å². The summed E-state index contributed by atoms with van der Waals surface area (Å²) in [6, 6.07) is 12.1. The zero-order chi connectivity index (χ0) is 13.1. The molecule has 0 radical (unpaired) electrons. The first-order valence-electron chi connectivity index (χ1n) is 6.66. The molecule has 2 heterocycles. The van der Waals surface area contributed by atoms with E-state index in [0.29, 0.717) is 5.88 Å². The van der Waals surface area contributed by atoms with Gasteiger partial charge >= 0.3 is 0 Å². The van der Waals surface area contributed by atoms with Gasteiger partial charge in [0.15, 0.2) is 0 Å². The maximum atomic E-state index is 5.63. The van der Waals surface area contributed by atoms with Crippen molar-refractivity contribution in [2.45, 2.75) is 19.8 Å². The molecule has 96 valence electrons. The number of fused-ring (bicyclic) bond motifs is 3. The van der Waals surface area contributed by atoms with Crippen molar-refractivity contribution >= 4 is 21.8 Å². The number of pyridine rings is 2. The molecule has 19 heavy (non-hydrogen) atoms. The number of para-hydroxylation sites is 1. The highest BCUT2D eigenvalue weighted by atomic mass is 16.5. The van der Waals surface area contributed by atoms with E-state index in [1.165, 1.54) is 0 Å². The van der Waals surface area contributed by atoms with Gasteiger partial charge in [0, 0.05) is 16.8 Å². The Hall–Kier alpha value is -2.16. The Kier molecular flexibility index (Phi) is 3.27. The van der Waals surface area contributed by atoms with E-state index in [-0.39, 0.29) is 0 Å². The molecule has 0 amide bonds. The first-order valence-corrected chi connectivity index (χ1v) is 6.66. The number of hydrogen-bond acceptors (Lipinski definition) is 3. The maximum Gasteiger partial charge on any atom is 0.213 e. The SMILES string of the molecule is CCCCOc1ccc2c(cnc3ccccc32)n1. The second-order valence-corrected chi connectivity index (χ2v) is 4.56. The van der Waals surface area contributed by atoms with Crippen LogP contribution >= 0.6 is 0 Å². The second-order valence-electron chi connectivity index (χ2n) is 4.56. The minimum Gasteiger partial charge on any atom is -0.478 e. The highest BCUT2D eigenvalue weighted by Crippen LogP contribution is 2.24. The number of hydrogen-bond donors (Lipinski definition) is 0. The molecule has 3 aromatic rings. The molecule has 3 heteroatoms. The molecule has 0 saturated carbocycles. The van der Waals surface area contributed by atoms with Crippen LogP contribution in [-0.2, 0) is 0 Å². The monoisotopic (exact) mass is 252 g/mol. The molecule has 1 aromatic carbocycles. The average Bonchev–Trinajstić information content (AvgIpc) is 2.47. The van der Waals surface area contributed by atoms with Crippen molar-refractivity contribution in [1.29, 1.82) is 0 Å². The lowest BCUT2D eigenvalue weighted by Gasteiger charge is -2.06. The molecule has 0 aliphatic heterocycles. The Morgan fingerprint density at radius 2 is 1.84 bits per heavy atom. The summed E-state index contributed by atoms with van der Waals surface area (Å²) in [5.74, 6) is 0.679. The van der Waals surface area contributed by atoms with Gasteiger partial charge in [-0.15, -0.1) is 0 Å². The Labute approximate surface area is 112 Å². The summed E-state index contributed by atoms with van der Waals surface area (Å²) in [4.78, 5) is 8.94. The van der Waals surface area contributed by atoms with Crippen molar-refractivity contribution in [1.82, 2.24) is 9.97 Å². The van der Waals surface area contributed by atoms with E-state index >= 15 is 0 Å². The molecule has 0 unspecified atom stereocenters. The van der Waals surface area contributed by atoms with Crippen LogP contribution in [0.5, 0.6) is 5.88 Å². The van der Waals surface area contributed by atoms with Crippen molar-refractivity contribution in [2.24, 2.45) is 0 Å². The topological polar surface area (TPSA) is 35.0 Å². The van der Waals surface area contributed by atoms with Gasteiger partial charge in [-0.25, -0.2) is 4.98 Å². The lowest BCUT2D eigenvalue weighted by Crippen LogP contribution is -1.98. The van der Waals surface area contributed by atoms with Crippen LogP contribution in [0.1, 0.15) is 19.8 Å². The number of nitrogens with zero attached hydrogens (tertiary/aromatic N) is 2. The highest BCUT2D eigenvalue weighted by Gasteiger charge is 2.04. The molecule has 0 atom stereocenters. The molecule has 0 saturated heterocycles. The third-order valence-corrected chi connectivity index (χ3v) is 3.17. The van der Waals surface area contributed by atoms with Gasteiger partial charge in [-0.1, -0.05) is 31.5 Å². The first-order chi connectivity index (χ1) is 9.38. The fourth-order valence-corrected chi connectivity index (χ4v) is 2.13. The molecule has 0 N–H and O–H groups in total. The zero-order valence-electron chi connectivity index (χ0n) is 11.0. The zero-order valence-corrected chi connectivity index (χ0v) is 11.0. The number of benzene rings is 1. The van der Waals surface area contributed by atoms with Gasteiger partial charge in [0.2, 0.25) is 5.88 Å². The fourth-order valence-electron chi connectivity index (χ4n) is 2.13. The lowest BCUT2D eigenvalue weighted by molar-refractivity contribution is 0.299. The summed E-state index contributed by atoms with van der Waals surface area (Å²) in [5.41, 5.74) is 1.88. The minimum absolute atomic E-state index is 0.679. The van der Waals surface area contributed by atoms with E-state index in [2.05, 4.69) is 29.0 Å². The van der Waals surface area contributed by atoms with Crippen LogP contribution in [0.4, 0.5) is 0 Å². The summed E-state index contributed by atoms with van der Waals surface area (Å²) in [6.07, 6.45) is 3.99. The third kappa shape index (κ3) is 2.36. The van der Waals surface area contributed by atoms with Gasteiger partial charge in [-0.3, -0.25) is 4.98 Å². The van der Waals surface area contributed by atoms with Crippen LogP contribution in [0, 0.1) is 0 Å². The minimum atomic E-state index is 0.679. The molecule has 0 fully saturated rings. The molecule has 3 rings (SSSR count). The first kappa shape index (κ1) is 11.9. The Bertz CT molecular complexity index is 709. The van der Waals surface area contributed by atoms with Gasteiger partial charge in [0.25, 0.3) is 0 Å². The van der Waals surface area contributed by atoms with Gasteiger partial charge < -0.3 is 4.74 Å². The van der Waals surface area contributed by atoms with Crippen LogP contribution in [0.3, 0.4) is 0 Å². The molecule has 3 nitrogen and oxygen atoms in total. The van der Waals surface area contributed by atoms with Crippen LogP contribution in [0.25, 0.3) is 21.8 Å². The largest absolute Gasteiger partial charge is 0.478 e. The Balaban J connectivity index is 2.02. The van der Waals surface area contributed by atoms with Crippen LogP contribution < -0.4 is 4.74 Å². The van der Waals surface area contributed by atoms with Crippen molar-refractivity contribution in [2.75, 3.05) is 6.61 Å². The van der Waals surface area contributed by atoms with Crippen molar-refractivity contribution in [3.63, 3.8) is 0 Å². The highest BCUT2D eigenvalue weighted by molar-refractivity contribution is 6.03. The van der Waals surface area contributed by atoms with E-state index in [9.17, 15) is 0 Å². The predicted octanol–water partition coefficient (Wildman–Crippen LogP) is 3.96. The van der Waals surface area contributed by atoms with Crippen molar-refractivity contribution < 1.29 is 4.74 Å². The quantitative estimate of drug-likeness (QED) is 0.520. The van der Waals surface area contributed by atoms with Gasteiger partial charge in [0.05, 0.1) is 23.8 Å². The Morgan fingerprint density at radius 1 is 1.00 bits per heavy atom. The smallest absolute Gasteiger partial charge is 0.213 e. The Morgan fingerprint density at radius 3 is 2.74 bits per heavy atom. The molecular formula is C16H16N2O. The van der Waals surface area contributed by atoms with E-state index in [1.807, 2.05) is 30.5 Å². The molecular weight excluding hydrogens is 236 g/mol. The second kappa shape index (κ2) is 5.22. The average molecular weight is 252 g/mol. The third-order valence-electron chi connectivity index (χ3n) is 3.17. The van der Waals surface area contributed by atoms with Crippen LogP contribution in [0.2, 0.25) is 0 Å². The number of ether oxygens (including phenoxy) is 1. The maximum absolute atomic E-state index is 5.63. The predicted molar refractivity (Wildman–Crippen MR) is 77.4 cm³/mol. The number of aromatic nitrogens is 2. The summed E-state index contributed by atoms with van der Waals surface area (Å²) < 4.78 is 5.63. The summed E-state index contributed by atoms with van der Waals surface area (Å²) >= 11 is 0. The van der Waals surface area contributed by atoms with E-state index in [1.54, 1.807) is 0 Å². The summed E-state index contributed by atoms with van der Waals surface area (Å²) in [6.45, 7) is 2.86. The normalized spacial score (nSPS) is 11.0. The van der Waals surface area contributed by atoms with Crippen molar-refractivity contribution in [3.8, 4) is 5.88 Å². The lowest BCUT2D eigenvalue weighted by atomic mass is 10.1. The van der Waals surface area contributed by atoms with E-state index in [0.717, 1.165) is 41.3 Å². The molecule has 0 aliphatic rings. The molecule has 0 bridgehead atoms. The number of rotatable bonds is 4. The number of unbranched alkanes of at least 4 members (excludes halogenated alkanes) is 1. The van der Waals surface area contributed by atoms with Gasteiger partial charge in [-0.2, -0.15) is 0 Å². The fraction of sp³-hybridized carbons (Fsp3) is 0.250. The standard InChI is InChI=1S/C16H16N2O/c1-2-3-10-19-16-9-8-13-12-6-4-5-7-14(12)17-11-15(13)18-16/h4-9,11H,2-3,10H2,1H3. The molecule has 2 aromatic heterocycles. The molecule has 0 aliphatic carbocycles. The van der Waals surface area contributed by atoms with Crippen molar-refractivity contribution in [3.05, 3.63) is 42.6 Å². The van der Waals surface area contributed by atoms with E-state index < -0.39 is 0 Å². The summed E-state index contributed by atoms with van der Waals surface area (Å²) in [7, 11) is 0. The van der Waals surface area contributed by atoms with Crippen LogP contribution in [-0.4, -0.2) is 16.6 Å². The summed E-state index contributed by atoms with van der Waals surface area (Å²) in [5, 5.41) is 2.25. The van der Waals surface area contributed by atoms with E-state index in [4.69, 9.17) is 4.74 Å². The van der Waals surface area contributed by atoms with Crippen LogP contribution in [0.15, 0.2) is 42.6 Å².